The number of anilines is 1. The third kappa shape index (κ3) is 3.90. The standard InChI is InChI=1S/C15H20N2OS2/c1-15(2,3)14-17-10-12(19-14)9-16-11-6-5-7-13(8-11)20(4)18/h5-8,10,16H,9H2,1-4H3/t20-/m1/s1. The van der Waals surface area contributed by atoms with E-state index in [1.54, 1.807) is 17.6 Å². The Morgan fingerprint density at radius 3 is 2.70 bits per heavy atom. The number of aromatic nitrogens is 1. The Morgan fingerprint density at radius 2 is 2.10 bits per heavy atom. The fraction of sp³-hybridized carbons (Fsp3) is 0.400. The fourth-order valence-corrected chi connectivity index (χ4v) is 3.18. The van der Waals surface area contributed by atoms with Crippen LogP contribution in [0.2, 0.25) is 0 Å². The van der Waals surface area contributed by atoms with Crippen molar-refractivity contribution in [2.75, 3.05) is 11.6 Å². The molecule has 0 saturated heterocycles. The molecule has 3 nitrogen and oxygen atoms in total. The Bertz CT molecular complexity index is 614. The van der Waals surface area contributed by atoms with Gasteiger partial charge in [0.15, 0.2) is 0 Å². The van der Waals surface area contributed by atoms with Crippen LogP contribution in [0.25, 0.3) is 0 Å². The van der Waals surface area contributed by atoms with Crippen molar-refractivity contribution in [1.82, 2.24) is 4.98 Å². The van der Waals surface area contributed by atoms with Gasteiger partial charge in [-0.3, -0.25) is 4.21 Å². The molecule has 0 aliphatic heterocycles. The molecular formula is C15H20N2OS2. The van der Waals surface area contributed by atoms with Crippen LogP contribution in [0.15, 0.2) is 35.4 Å². The van der Waals surface area contributed by atoms with E-state index in [0.717, 1.165) is 22.1 Å². The highest BCUT2D eigenvalue weighted by Gasteiger charge is 2.17. The van der Waals surface area contributed by atoms with E-state index in [1.807, 2.05) is 30.5 Å². The largest absolute Gasteiger partial charge is 0.380 e. The van der Waals surface area contributed by atoms with Crippen molar-refractivity contribution in [3.05, 3.63) is 40.3 Å². The predicted molar refractivity (Wildman–Crippen MR) is 86.9 cm³/mol. The average Bonchev–Trinajstić information content (AvgIpc) is 2.85. The Balaban J connectivity index is 2.04. The molecule has 0 aliphatic rings. The van der Waals surface area contributed by atoms with Gasteiger partial charge in [-0.1, -0.05) is 26.8 Å². The molecular weight excluding hydrogens is 288 g/mol. The summed E-state index contributed by atoms with van der Waals surface area (Å²) in [7, 11) is -0.945. The topological polar surface area (TPSA) is 42.0 Å². The van der Waals surface area contributed by atoms with Crippen LogP contribution >= 0.6 is 11.3 Å². The molecule has 0 amide bonds. The van der Waals surface area contributed by atoms with Gasteiger partial charge in [-0.05, 0) is 18.2 Å². The molecule has 0 fully saturated rings. The van der Waals surface area contributed by atoms with E-state index < -0.39 is 10.8 Å². The normalized spacial score (nSPS) is 13.2. The van der Waals surface area contributed by atoms with Gasteiger partial charge >= 0.3 is 0 Å². The number of hydrogen-bond acceptors (Lipinski definition) is 4. The van der Waals surface area contributed by atoms with E-state index in [2.05, 4.69) is 31.1 Å². The van der Waals surface area contributed by atoms with Crippen molar-refractivity contribution in [2.24, 2.45) is 0 Å². The molecule has 0 radical (unpaired) electrons. The molecule has 0 spiro atoms. The van der Waals surface area contributed by atoms with Crippen molar-refractivity contribution in [2.45, 2.75) is 37.6 Å². The molecule has 0 saturated carbocycles. The van der Waals surface area contributed by atoms with Gasteiger partial charge in [0.25, 0.3) is 0 Å². The van der Waals surface area contributed by atoms with Crippen LogP contribution in [0.4, 0.5) is 5.69 Å². The maximum Gasteiger partial charge on any atom is 0.0981 e. The van der Waals surface area contributed by atoms with Crippen molar-refractivity contribution >= 4 is 27.8 Å². The first kappa shape index (κ1) is 15.2. The van der Waals surface area contributed by atoms with Gasteiger partial charge in [0.05, 0.1) is 11.6 Å². The summed E-state index contributed by atoms with van der Waals surface area (Å²) >= 11 is 1.74. The van der Waals surface area contributed by atoms with E-state index >= 15 is 0 Å². The lowest BCUT2D eigenvalue weighted by Gasteiger charge is -2.13. The quantitative estimate of drug-likeness (QED) is 0.934. The molecule has 1 heterocycles. The first-order valence-electron chi connectivity index (χ1n) is 6.49. The highest BCUT2D eigenvalue weighted by Crippen LogP contribution is 2.27. The average molecular weight is 308 g/mol. The summed E-state index contributed by atoms with van der Waals surface area (Å²) in [6.07, 6.45) is 3.62. The summed E-state index contributed by atoms with van der Waals surface area (Å²) < 4.78 is 11.5. The van der Waals surface area contributed by atoms with Crippen LogP contribution in [0.1, 0.15) is 30.7 Å². The lowest BCUT2D eigenvalue weighted by molar-refractivity contribution is 0.585. The minimum atomic E-state index is -0.945. The Hall–Kier alpha value is -1.20. The van der Waals surface area contributed by atoms with Crippen molar-refractivity contribution in [3.8, 4) is 0 Å². The van der Waals surface area contributed by atoms with Gasteiger partial charge in [-0.2, -0.15) is 0 Å². The summed E-state index contributed by atoms with van der Waals surface area (Å²) in [5.74, 6) is 0. The van der Waals surface area contributed by atoms with Crippen LogP contribution in [-0.2, 0) is 22.8 Å². The molecule has 0 unspecified atom stereocenters. The summed E-state index contributed by atoms with van der Waals surface area (Å²) in [6.45, 7) is 7.25. The van der Waals surface area contributed by atoms with E-state index in [1.165, 1.54) is 4.88 Å². The number of thiazole rings is 1. The third-order valence-electron chi connectivity index (χ3n) is 2.83. The van der Waals surface area contributed by atoms with E-state index in [9.17, 15) is 4.21 Å². The smallest absolute Gasteiger partial charge is 0.0981 e. The monoisotopic (exact) mass is 308 g/mol. The number of rotatable bonds is 4. The Morgan fingerprint density at radius 1 is 1.35 bits per heavy atom. The van der Waals surface area contributed by atoms with Gasteiger partial charge in [0.1, 0.15) is 0 Å². The number of hydrogen-bond donors (Lipinski definition) is 1. The fourth-order valence-electron chi connectivity index (χ4n) is 1.71. The minimum Gasteiger partial charge on any atom is -0.380 e. The van der Waals surface area contributed by atoms with Crippen molar-refractivity contribution in [3.63, 3.8) is 0 Å². The molecule has 1 atom stereocenters. The van der Waals surface area contributed by atoms with Crippen molar-refractivity contribution < 1.29 is 4.21 Å². The number of benzene rings is 1. The molecule has 2 rings (SSSR count). The molecule has 108 valence electrons. The first-order chi connectivity index (χ1) is 9.36. The molecule has 2 aromatic rings. The van der Waals surface area contributed by atoms with Gasteiger partial charge in [0.2, 0.25) is 0 Å². The highest BCUT2D eigenvalue weighted by molar-refractivity contribution is 7.84. The Kier molecular flexibility index (Phi) is 4.60. The molecule has 5 heteroatoms. The summed E-state index contributed by atoms with van der Waals surface area (Å²) in [5.41, 5.74) is 1.09. The maximum absolute atomic E-state index is 11.5. The second-order valence-corrected chi connectivity index (χ2v) is 8.21. The third-order valence-corrected chi connectivity index (χ3v) is 5.17. The maximum atomic E-state index is 11.5. The molecule has 0 aliphatic carbocycles. The summed E-state index contributed by atoms with van der Waals surface area (Å²) in [6, 6.07) is 7.72. The van der Waals surface area contributed by atoms with Crippen LogP contribution in [0.3, 0.4) is 0 Å². The molecule has 20 heavy (non-hydrogen) atoms. The van der Waals surface area contributed by atoms with Gasteiger partial charge in [0, 0.05) is 44.1 Å². The SMILES string of the molecule is C[S@@](=O)c1cccc(NCc2cnc(C(C)(C)C)s2)c1. The zero-order valence-corrected chi connectivity index (χ0v) is 13.9. The van der Waals surface area contributed by atoms with Crippen LogP contribution in [0.5, 0.6) is 0 Å². The summed E-state index contributed by atoms with van der Waals surface area (Å²) in [5, 5.41) is 4.51. The second kappa shape index (κ2) is 6.06. The van der Waals surface area contributed by atoms with Crippen molar-refractivity contribution in [1.29, 1.82) is 0 Å². The van der Waals surface area contributed by atoms with Gasteiger partial charge < -0.3 is 5.32 Å². The second-order valence-electron chi connectivity index (χ2n) is 5.72. The first-order valence-corrected chi connectivity index (χ1v) is 8.86. The number of nitrogens with one attached hydrogen (secondary N) is 1. The molecule has 1 aromatic carbocycles. The minimum absolute atomic E-state index is 0.0991. The number of nitrogens with zero attached hydrogens (tertiary/aromatic N) is 1. The van der Waals surface area contributed by atoms with E-state index in [4.69, 9.17) is 0 Å². The highest BCUT2D eigenvalue weighted by atomic mass is 32.2. The molecule has 1 N–H and O–H groups in total. The van der Waals surface area contributed by atoms with Crippen LogP contribution < -0.4 is 5.32 Å². The molecule has 1 aromatic heterocycles. The van der Waals surface area contributed by atoms with Gasteiger partial charge in [-0.15, -0.1) is 11.3 Å². The zero-order chi connectivity index (χ0) is 14.8. The van der Waals surface area contributed by atoms with E-state index in [-0.39, 0.29) is 5.41 Å². The molecule has 0 bridgehead atoms. The summed E-state index contributed by atoms with van der Waals surface area (Å²) in [4.78, 5) is 6.52. The predicted octanol–water partition coefficient (Wildman–Crippen LogP) is 3.79. The lowest BCUT2D eigenvalue weighted by Crippen LogP contribution is -2.09. The zero-order valence-electron chi connectivity index (χ0n) is 12.3. The van der Waals surface area contributed by atoms with E-state index in [0.29, 0.717) is 0 Å². The Labute approximate surface area is 126 Å². The van der Waals surface area contributed by atoms with Crippen LogP contribution in [-0.4, -0.2) is 15.4 Å². The lowest BCUT2D eigenvalue weighted by atomic mass is 9.98. The van der Waals surface area contributed by atoms with Crippen LogP contribution in [0, 0.1) is 0 Å². The van der Waals surface area contributed by atoms with Gasteiger partial charge in [-0.25, -0.2) is 4.98 Å².